The van der Waals surface area contributed by atoms with Gasteiger partial charge in [-0.05, 0) is 34.1 Å². The van der Waals surface area contributed by atoms with Crippen molar-refractivity contribution in [3.8, 4) is 0 Å². The van der Waals surface area contributed by atoms with E-state index in [0.29, 0.717) is 16.0 Å². The summed E-state index contributed by atoms with van der Waals surface area (Å²) in [5.74, 6) is 0.212. The molecule has 0 saturated heterocycles. The first-order chi connectivity index (χ1) is 9.06. The van der Waals surface area contributed by atoms with Gasteiger partial charge in [0.05, 0.1) is 12.4 Å². The molecule has 0 fully saturated rings. The lowest BCUT2D eigenvalue weighted by atomic mass is 10.2. The highest BCUT2D eigenvalue weighted by Crippen LogP contribution is 2.14. The van der Waals surface area contributed by atoms with Crippen LogP contribution in [0.4, 0.5) is 11.5 Å². The number of nitrogens with zero attached hydrogens (tertiary/aromatic N) is 3. The Kier molecular flexibility index (Phi) is 4.11. The number of carbonyl (C=O) groups is 1. The minimum Gasteiger partial charge on any atom is -0.378 e. The van der Waals surface area contributed by atoms with Crippen molar-refractivity contribution in [2.75, 3.05) is 24.3 Å². The van der Waals surface area contributed by atoms with Crippen molar-refractivity contribution in [2.24, 2.45) is 0 Å². The lowest BCUT2D eigenvalue weighted by molar-refractivity contribution is 0.102. The molecule has 0 unspecified atom stereocenters. The van der Waals surface area contributed by atoms with E-state index in [4.69, 9.17) is 0 Å². The van der Waals surface area contributed by atoms with Gasteiger partial charge in [-0.1, -0.05) is 6.07 Å². The molecule has 0 bridgehead atoms. The second-order valence-electron chi connectivity index (χ2n) is 4.12. The highest BCUT2D eigenvalue weighted by Gasteiger charge is 2.08. The van der Waals surface area contributed by atoms with Crippen LogP contribution in [0, 0.1) is 0 Å². The van der Waals surface area contributed by atoms with Gasteiger partial charge in [-0.25, -0.2) is 9.97 Å². The second-order valence-corrected chi connectivity index (χ2v) is 4.94. The average molecular weight is 321 g/mol. The molecule has 1 amide bonds. The Labute approximate surface area is 119 Å². The Morgan fingerprint density at radius 2 is 2.05 bits per heavy atom. The smallest absolute Gasteiger partial charge is 0.256 e. The number of nitrogens with one attached hydrogen (secondary N) is 1. The predicted octanol–water partition coefficient (Wildman–Crippen LogP) is 2.56. The van der Waals surface area contributed by atoms with Gasteiger partial charge >= 0.3 is 0 Å². The first-order valence-electron chi connectivity index (χ1n) is 5.62. The molecule has 1 aromatic carbocycles. The van der Waals surface area contributed by atoms with Gasteiger partial charge in [-0.2, -0.15) is 0 Å². The maximum absolute atomic E-state index is 12.1. The number of halogens is 1. The van der Waals surface area contributed by atoms with Crippen LogP contribution in [0.2, 0.25) is 0 Å². The zero-order valence-electron chi connectivity index (χ0n) is 10.6. The molecule has 5 nitrogen and oxygen atoms in total. The maximum Gasteiger partial charge on any atom is 0.256 e. The van der Waals surface area contributed by atoms with E-state index in [0.717, 1.165) is 5.69 Å². The van der Waals surface area contributed by atoms with Crippen molar-refractivity contribution < 1.29 is 4.79 Å². The third-order valence-corrected chi connectivity index (χ3v) is 2.90. The number of anilines is 2. The summed E-state index contributed by atoms with van der Waals surface area (Å²) in [4.78, 5) is 22.1. The fourth-order valence-electron chi connectivity index (χ4n) is 1.49. The molecule has 0 spiro atoms. The van der Waals surface area contributed by atoms with Gasteiger partial charge in [0, 0.05) is 25.3 Å². The van der Waals surface area contributed by atoms with Gasteiger partial charge in [-0.3, -0.25) is 4.79 Å². The summed E-state index contributed by atoms with van der Waals surface area (Å²) < 4.78 is 0.625. The standard InChI is InChI=1S/C13H13BrN4O/c1-18(2)10-5-3-4-9(6-10)13(19)17-12-8-15-11(14)7-16-12/h3-8H,1-2H3,(H,16,17,19). The van der Waals surface area contributed by atoms with Crippen molar-refractivity contribution in [2.45, 2.75) is 0 Å². The zero-order chi connectivity index (χ0) is 13.8. The molecule has 0 aliphatic heterocycles. The number of carbonyl (C=O) groups excluding carboxylic acids is 1. The first-order valence-corrected chi connectivity index (χ1v) is 6.42. The minimum atomic E-state index is -0.208. The summed E-state index contributed by atoms with van der Waals surface area (Å²) >= 11 is 3.19. The monoisotopic (exact) mass is 320 g/mol. The maximum atomic E-state index is 12.1. The lowest BCUT2D eigenvalue weighted by Gasteiger charge is -2.13. The Morgan fingerprint density at radius 3 is 2.68 bits per heavy atom. The number of aromatic nitrogens is 2. The highest BCUT2D eigenvalue weighted by molar-refractivity contribution is 9.10. The SMILES string of the molecule is CN(C)c1cccc(C(=O)Nc2cnc(Br)cn2)c1. The van der Waals surface area contributed by atoms with Crippen LogP contribution in [0.5, 0.6) is 0 Å². The van der Waals surface area contributed by atoms with Crippen molar-refractivity contribution in [1.29, 1.82) is 0 Å². The van der Waals surface area contributed by atoms with Crippen molar-refractivity contribution in [3.63, 3.8) is 0 Å². The lowest BCUT2D eigenvalue weighted by Crippen LogP contribution is -2.15. The molecule has 1 aromatic heterocycles. The van der Waals surface area contributed by atoms with Crippen LogP contribution in [-0.4, -0.2) is 30.0 Å². The predicted molar refractivity (Wildman–Crippen MR) is 78.5 cm³/mol. The summed E-state index contributed by atoms with van der Waals surface area (Å²) in [6, 6.07) is 7.37. The number of rotatable bonds is 3. The fourth-order valence-corrected chi connectivity index (χ4v) is 1.70. The molecule has 2 aromatic rings. The molecule has 1 heterocycles. The molecule has 6 heteroatoms. The summed E-state index contributed by atoms with van der Waals surface area (Å²) in [5, 5.41) is 2.70. The fraction of sp³-hybridized carbons (Fsp3) is 0.154. The quantitative estimate of drug-likeness (QED) is 0.944. The van der Waals surface area contributed by atoms with E-state index in [2.05, 4.69) is 31.2 Å². The Hall–Kier alpha value is -1.95. The van der Waals surface area contributed by atoms with Gasteiger partial charge in [0.25, 0.3) is 5.91 Å². The van der Waals surface area contributed by atoms with E-state index in [1.807, 2.05) is 37.2 Å². The zero-order valence-corrected chi connectivity index (χ0v) is 12.2. The molecule has 0 atom stereocenters. The molecular formula is C13H13BrN4O. The number of hydrogen-bond donors (Lipinski definition) is 1. The van der Waals surface area contributed by atoms with E-state index in [9.17, 15) is 4.79 Å². The van der Waals surface area contributed by atoms with E-state index in [1.54, 1.807) is 6.07 Å². The van der Waals surface area contributed by atoms with Crippen molar-refractivity contribution in [3.05, 3.63) is 46.8 Å². The Balaban J connectivity index is 2.15. The molecular weight excluding hydrogens is 308 g/mol. The molecule has 1 N–H and O–H groups in total. The summed E-state index contributed by atoms with van der Waals surface area (Å²) in [6.45, 7) is 0. The molecule has 19 heavy (non-hydrogen) atoms. The van der Waals surface area contributed by atoms with Crippen LogP contribution in [0.25, 0.3) is 0 Å². The largest absolute Gasteiger partial charge is 0.378 e. The summed E-state index contributed by atoms with van der Waals surface area (Å²) in [7, 11) is 3.86. The van der Waals surface area contributed by atoms with Gasteiger partial charge in [-0.15, -0.1) is 0 Å². The van der Waals surface area contributed by atoms with Crippen molar-refractivity contribution >= 4 is 33.3 Å². The van der Waals surface area contributed by atoms with E-state index >= 15 is 0 Å². The van der Waals surface area contributed by atoms with Gasteiger partial charge in [0.1, 0.15) is 4.60 Å². The van der Waals surface area contributed by atoms with Gasteiger partial charge in [0.15, 0.2) is 5.82 Å². The Bertz CT molecular complexity index is 583. The minimum absolute atomic E-state index is 0.208. The summed E-state index contributed by atoms with van der Waals surface area (Å²) in [5.41, 5.74) is 1.55. The molecule has 0 aliphatic carbocycles. The molecule has 2 rings (SSSR count). The van der Waals surface area contributed by atoms with E-state index in [1.165, 1.54) is 12.4 Å². The normalized spacial score (nSPS) is 10.1. The molecule has 0 aliphatic rings. The number of benzene rings is 1. The van der Waals surface area contributed by atoms with Crippen LogP contribution in [-0.2, 0) is 0 Å². The van der Waals surface area contributed by atoms with Gasteiger partial charge in [0.2, 0.25) is 0 Å². The van der Waals surface area contributed by atoms with Crippen LogP contribution in [0.1, 0.15) is 10.4 Å². The third kappa shape index (κ3) is 3.51. The Morgan fingerprint density at radius 1 is 1.26 bits per heavy atom. The van der Waals surface area contributed by atoms with Crippen LogP contribution < -0.4 is 10.2 Å². The first kappa shape index (κ1) is 13.5. The summed E-state index contributed by atoms with van der Waals surface area (Å²) in [6.07, 6.45) is 3.03. The molecule has 98 valence electrons. The number of amides is 1. The second kappa shape index (κ2) is 5.79. The molecule has 0 saturated carbocycles. The van der Waals surface area contributed by atoms with Crippen LogP contribution >= 0.6 is 15.9 Å². The highest BCUT2D eigenvalue weighted by atomic mass is 79.9. The van der Waals surface area contributed by atoms with Crippen LogP contribution in [0.15, 0.2) is 41.3 Å². The van der Waals surface area contributed by atoms with E-state index < -0.39 is 0 Å². The number of hydrogen-bond acceptors (Lipinski definition) is 4. The average Bonchev–Trinajstić information content (AvgIpc) is 2.41. The van der Waals surface area contributed by atoms with Crippen LogP contribution in [0.3, 0.4) is 0 Å². The van der Waals surface area contributed by atoms with E-state index in [-0.39, 0.29) is 5.91 Å². The topological polar surface area (TPSA) is 58.1 Å². The van der Waals surface area contributed by atoms with Crippen molar-refractivity contribution in [1.82, 2.24) is 9.97 Å². The molecule has 0 radical (unpaired) electrons. The van der Waals surface area contributed by atoms with Gasteiger partial charge < -0.3 is 10.2 Å². The third-order valence-electron chi connectivity index (χ3n) is 2.49.